The molecule has 0 heterocycles. The number of benzene rings is 1. The van der Waals surface area contributed by atoms with Crippen LogP contribution in [0.5, 0.6) is 0 Å². The molecule has 20 heavy (non-hydrogen) atoms. The molecule has 1 aromatic rings. The number of carbonyl (C=O) groups is 1. The first-order valence-electron chi connectivity index (χ1n) is 6.72. The molecule has 0 aliphatic heterocycles. The van der Waals surface area contributed by atoms with Gasteiger partial charge in [0, 0.05) is 30.3 Å². The SMILES string of the molecule is Cc1c(NCCCCCCC(=O)O)cccc1[N+](=O)[O-]. The zero-order valence-electron chi connectivity index (χ0n) is 11.6. The molecule has 0 spiro atoms. The van der Waals surface area contributed by atoms with Crippen molar-refractivity contribution < 1.29 is 14.8 Å². The molecule has 0 aromatic heterocycles. The van der Waals surface area contributed by atoms with Crippen LogP contribution in [0.4, 0.5) is 11.4 Å². The summed E-state index contributed by atoms with van der Waals surface area (Å²) in [5.74, 6) is -0.754. The number of nitrogens with one attached hydrogen (secondary N) is 1. The van der Waals surface area contributed by atoms with E-state index in [1.165, 1.54) is 6.07 Å². The predicted molar refractivity (Wildman–Crippen MR) is 77.0 cm³/mol. The second-order valence-corrected chi connectivity index (χ2v) is 4.69. The van der Waals surface area contributed by atoms with E-state index in [0.717, 1.165) is 31.5 Å². The van der Waals surface area contributed by atoms with E-state index in [9.17, 15) is 14.9 Å². The molecular weight excluding hydrogens is 260 g/mol. The van der Waals surface area contributed by atoms with Crippen LogP contribution in [0, 0.1) is 17.0 Å². The molecule has 0 bridgehead atoms. The fraction of sp³-hybridized carbons (Fsp3) is 0.500. The quantitative estimate of drug-likeness (QED) is 0.411. The molecule has 1 rings (SSSR count). The van der Waals surface area contributed by atoms with Gasteiger partial charge in [-0.25, -0.2) is 0 Å². The molecule has 6 heteroatoms. The van der Waals surface area contributed by atoms with Gasteiger partial charge in [0.15, 0.2) is 0 Å². The summed E-state index contributed by atoms with van der Waals surface area (Å²) in [6.07, 6.45) is 3.68. The standard InChI is InChI=1S/C14H20N2O4/c1-11-12(7-6-8-13(11)16(19)20)15-10-5-3-2-4-9-14(17)18/h6-8,15H,2-5,9-10H2,1H3,(H,17,18). The van der Waals surface area contributed by atoms with Gasteiger partial charge in [-0.2, -0.15) is 0 Å². The van der Waals surface area contributed by atoms with Crippen molar-refractivity contribution in [2.75, 3.05) is 11.9 Å². The molecule has 110 valence electrons. The Morgan fingerprint density at radius 2 is 2.00 bits per heavy atom. The summed E-state index contributed by atoms with van der Waals surface area (Å²) >= 11 is 0. The van der Waals surface area contributed by atoms with Crippen LogP contribution in [-0.2, 0) is 4.79 Å². The first-order chi connectivity index (χ1) is 9.52. The molecule has 2 N–H and O–H groups in total. The minimum absolute atomic E-state index is 0.122. The third kappa shape index (κ3) is 5.26. The van der Waals surface area contributed by atoms with Gasteiger partial charge < -0.3 is 10.4 Å². The Hall–Kier alpha value is -2.11. The Balaban J connectivity index is 2.30. The highest BCUT2D eigenvalue weighted by molar-refractivity contribution is 5.66. The van der Waals surface area contributed by atoms with Gasteiger partial charge in [-0.3, -0.25) is 14.9 Å². The van der Waals surface area contributed by atoms with E-state index in [1.807, 2.05) is 6.07 Å². The minimum atomic E-state index is -0.754. The zero-order valence-corrected chi connectivity index (χ0v) is 11.6. The minimum Gasteiger partial charge on any atom is -0.481 e. The molecular formula is C14H20N2O4. The maximum atomic E-state index is 10.8. The second-order valence-electron chi connectivity index (χ2n) is 4.69. The van der Waals surface area contributed by atoms with E-state index in [1.54, 1.807) is 13.0 Å². The molecule has 0 fully saturated rings. The molecule has 0 unspecified atom stereocenters. The van der Waals surface area contributed by atoms with Gasteiger partial charge in [-0.15, -0.1) is 0 Å². The second kappa shape index (κ2) is 8.14. The summed E-state index contributed by atoms with van der Waals surface area (Å²) in [4.78, 5) is 20.8. The Morgan fingerprint density at radius 3 is 2.65 bits per heavy atom. The van der Waals surface area contributed by atoms with Crippen molar-refractivity contribution in [3.05, 3.63) is 33.9 Å². The van der Waals surface area contributed by atoms with E-state index in [-0.39, 0.29) is 17.0 Å². The van der Waals surface area contributed by atoms with Crippen molar-refractivity contribution in [2.24, 2.45) is 0 Å². The molecule has 0 amide bonds. The summed E-state index contributed by atoms with van der Waals surface area (Å²) in [7, 11) is 0. The van der Waals surface area contributed by atoms with Crippen LogP contribution in [-0.4, -0.2) is 22.5 Å². The van der Waals surface area contributed by atoms with Crippen LogP contribution in [0.15, 0.2) is 18.2 Å². The summed E-state index contributed by atoms with van der Waals surface area (Å²) in [6, 6.07) is 4.99. The number of carboxylic acid groups (broad SMARTS) is 1. The average Bonchev–Trinajstić information content (AvgIpc) is 2.38. The van der Waals surface area contributed by atoms with Gasteiger partial charge >= 0.3 is 5.97 Å². The van der Waals surface area contributed by atoms with Gasteiger partial charge in [-0.1, -0.05) is 18.9 Å². The van der Waals surface area contributed by atoms with Crippen molar-refractivity contribution in [3.63, 3.8) is 0 Å². The Kier molecular flexibility index (Phi) is 6.49. The Bertz CT molecular complexity index is 474. The topological polar surface area (TPSA) is 92.5 Å². The lowest BCUT2D eigenvalue weighted by Gasteiger charge is -2.09. The van der Waals surface area contributed by atoms with E-state index in [2.05, 4.69) is 5.32 Å². The van der Waals surface area contributed by atoms with Gasteiger partial charge in [0.2, 0.25) is 0 Å². The fourth-order valence-corrected chi connectivity index (χ4v) is 1.99. The Morgan fingerprint density at radius 1 is 1.30 bits per heavy atom. The van der Waals surface area contributed by atoms with Crippen LogP contribution in [0.3, 0.4) is 0 Å². The molecule has 0 radical (unpaired) electrons. The van der Waals surface area contributed by atoms with Crippen LogP contribution in [0.1, 0.15) is 37.7 Å². The molecule has 0 aliphatic rings. The van der Waals surface area contributed by atoms with Gasteiger partial charge in [0.25, 0.3) is 5.69 Å². The van der Waals surface area contributed by atoms with Crippen molar-refractivity contribution in [1.82, 2.24) is 0 Å². The first-order valence-corrected chi connectivity index (χ1v) is 6.72. The highest BCUT2D eigenvalue weighted by Crippen LogP contribution is 2.24. The highest BCUT2D eigenvalue weighted by Gasteiger charge is 2.12. The number of nitro benzene ring substituents is 1. The molecule has 0 atom stereocenters. The number of hydrogen-bond donors (Lipinski definition) is 2. The van der Waals surface area contributed by atoms with Crippen molar-refractivity contribution in [1.29, 1.82) is 0 Å². The normalized spacial score (nSPS) is 10.2. The third-order valence-electron chi connectivity index (χ3n) is 3.13. The van der Waals surface area contributed by atoms with Crippen molar-refractivity contribution in [2.45, 2.75) is 39.0 Å². The molecule has 1 aromatic carbocycles. The number of anilines is 1. The van der Waals surface area contributed by atoms with E-state index in [0.29, 0.717) is 12.0 Å². The van der Waals surface area contributed by atoms with Crippen molar-refractivity contribution >= 4 is 17.3 Å². The van der Waals surface area contributed by atoms with Crippen molar-refractivity contribution in [3.8, 4) is 0 Å². The number of unbranched alkanes of at least 4 members (excludes halogenated alkanes) is 3. The third-order valence-corrected chi connectivity index (χ3v) is 3.13. The van der Waals surface area contributed by atoms with Gasteiger partial charge in [-0.05, 0) is 25.8 Å². The lowest BCUT2D eigenvalue weighted by Crippen LogP contribution is -2.04. The van der Waals surface area contributed by atoms with Crippen LogP contribution >= 0.6 is 0 Å². The molecule has 0 aliphatic carbocycles. The van der Waals surface area contributed by atoms with Gasteiger partial charge in [0.1, 0.15) is 0 Å². The highest BCUT2D eigenvalue weighted by atomic mass is 16.6. The number of carboxylic acids is 1. The predicted octanol–water partition coefficient (Wildman–Crippen LogP) is 3.35. The lowest BCUT2D eigenvalue weighted by molar-refractivity contribution is -0.385. The summed E-state index contributed by atoms with van der Waals surface area (Å²) in [6.45, 7) is 2.46. The van der Waals surface area contributed by atoms with Gasteiger partial charge in [0.05, 0.1) is 4.92 Å². The maximum Gasteiger partial charge on any atom is 0.303 e. The number of rotatable bonds is 9. The lowest BCUT2D eigenvalue weighted by atomic mass is 10.1. The summed E-state index contributed by atoms with van der Waals surface area (Å²) in [5, 5.41) is 22.5. The molecule has 0 saturated carbocycles. The average molecular weight is 280 g/mol. The largest absolute Gasteiger partial charge is 0.481 e. The smallest absolute Gasteiger partial charge is 0.303 e. The van der Waals surface area contributed by atoms with E-state index >= 15 is 0 Å². The van der Waals surface area contributed by atoms with E-state index < -0.39 is 5.97 Å². The first kappa shape index (κ1) is 15.9. The number of nitro groups is 1. The maximum absolute atomic E-state index is 10.8. The van der Waals surface area contributed by atoms with Crippen LogP contribution in [0.25, 0.3) is 0 Å². The molecule has 0 saturated heterocycles. The summed E-state index contributed by atoms with van der Waals surface area (Å²) in [5.41, 5.74) is 1.55. The number of hydrogen-bond acceptors (Lipinski definition) is 4. The summed E-state index contributed by atoms with van der Waals surface area (Å²) < 4.78 is 0. The fourth-order valence-electron chi connectivity index (χ4n) is 1.99. The van der Waals surface area contributed by atoms with Crippen LogP contribution in [0.2, 0.25) is 0 Å². The monoisotopic (exact) mass is 280 g/mol. The van der Waals surface area contributed by atoms with E-state index in [4.69, 9.17) is 5.11 Å². The Labute approximate surface area is 118 Å². The molecule has 6 nitrogen and oxygen atoms in total. The number of aliphatic carboxylic acids is 1. The number of nitrogens with zero attached hydrogens (tertiary/aromatic N) is 1. The zero-order chi connectivity index (χ0) is 15.0. The van der Waals surface area contributed by atoms with Crippen LogP contribution < -0.4 is 5.32 Å².